The third kappa shape index (κ3) is 4.51. The summed E-state index contributed by atoms with van der Waals surface area (Å²) in [6, 6.07) is 0. The summed E-state index contributed by atoms with van der Waals surface area (Å²) < 4.78 is 5.93. The van der Waals surface area contributed by atoms with Gasteiger partial charge >= 0.3 is 0 Å². The molecule has 3 aliphatic rings. The van der Waals surface area contributed by atoms with E-state index in [0.717, 1.165) is 45.3 Å². The molecule has 1 N–H and O–H groups in total. The second kappa shape index (κ2) is 7.87. The van der Waals surface area contributed by atoms with Gasteiger partial charge in [0.2, 0.25) is 0 Å². The van der Waals surface area contributed by atoms with Crippen LogP contribution >= 0.6 is 24.0 Å². The lowest BCUT2D eigenvalue weighted by Crippen LogP contribution is -2.63. The van der Waals surface area contributed by atoms with Gasteiger partial charge in [0.15, 0.2) is 5.96 Å². The van der Waals surface area contributed by atoms with E-state index in [1.165, 1.54) is 32.1 Å². The zero-order valence-corrected chi connectivity index (χ0v) is 17.3. The van der Waals surface area contributed by atoms with Gasteiger partial charge in [-0.15, -0.1) is 24.0 Å². The zero-order valence-electron chi connectivity index (χ0n) is 14.9. The van der Waals surface area contributed by atoms with Crippen molar-refractivity contribution in [2.24, 2.45) is 4.99 Å². The number of hydrogen-bond donors (Lipinski definition) is 1. The Kier molecular flexibility index (Phi) is 6.58. The highest BCUT2D eigenvalue weighted by Gasteiger charge is 2.42. The van der Waals surface area contributed by atoms with Gasteiger partial charge in [-0.2, -0.15) is 0 Å². The Labute approximate surface area is 158 Å². The van der Waals surface area contributed by atoms with Crippen LogP contribution in [0.2, 0.25) is 0 Å². The lowest BCUT2D eigenvalue weighted by atomic mass is 9.79. The fourth-order valence-corrected chi connectivity index (χ4v) is 4.20. The number of nitrogens with one attached hydrogen (secondary N) is 1. The molecular weight excluding hydrogens is 403 g/mol. The van der Waals surface area contributed by atoms with Crippen molar-refractivity contribution in [1.82, 2.24) is 15.1 Å². The molecule has 5 nitrogen and oxygen atoms in total. The third-order valence-electron chi connectivity index (χ3n) is 5.51. The van der Waals surface area contributed by atoms with Gasteiger partial charge in [0, 0.05) is 38.8 Å². The summed E-state index contributed by atoms with van der Waals surface area (Å²) in [7, 11) is 2.13. The maximum Gasteiger partial charge on any atom is 0.193 e. The molecule has 1 saturated carbocycles. The first-order valence-corrected chi connectivity index (χ1v) is 8.89. The summed E-state index contributed by atoms with van der Waals surface area (Å²) in [5, 5.41) is 3.66. The van der Waals surface area contributed by atoms with Crippen molar-refractivity contribution in [1.29, 1.82) is 0 Å². The van der Waals surface area contributed by atoms with Crippen molar-refractivity contribution in [2.45, 2.75) is 57.1 Å². The topological polar surface area (TPSA) is 40.1 Å². The molecule has 0 aromatic carbocycles. The van der Waals surface area contributed by atoms with Crippen LogP contribution in [0.15, 0.2) is 4.99 Å². The van der Waals surface area contributed by atoms with Gasteiger partial charge in [-0.05, 0) is 26.7 Å². The molecule has 23 heavy (non-hydrogen) atoms. The fourth-order valence-electron chi connectivity index (χ4n) is 4.20. The summed E-state index contributed by atoms with van der Waals surface area (Å²) in [6.07, 6.45) is 6.68. The summed E-state index contributed by atoms with van der Waals surface area (Å²) in [5.74, 6) is 1.08. The molecule has 3 rings (SSSR count). The van der Waals surface area contributed by atoms with E-state index >= 15 is 0 Å². The van der Waals surface area contributed by atoms with Crippen LogP contribution in [-0.4, -0.2) is 73.3 Å². The van der Waals surface area contributed by atoms with Crippen LogP contribution in [0.1, 0.15) is 46.0 Å². The van der Waals surface area contributed by atoms with E-state index in [2.05, 4.69) is 41.0 Å². The SMILES string of the molecule is CN1CCN=C1NCC1(N2CCOC(C)(C)C2)CCCCC1.I. The molecular formula is C17H33IN4O. The minimum absolute atomic E-state index is 0. The lowest BCUT2D eigenvalue weighted by Gasteiger charge is -2.51. The lowest BCUT2D eigenvalue weighted by molar-refractivity contribution is -0.122. The number of rotatable bonds is 3. The maximum absolute atomic E-state index is 5.93. The van der Waals surface area contributed by atoms with E-state index in [1.54, 1.807) is 0 Å². The van der Waals surface area contributed by atoms with Crippen molar-refractivity contribution in [2.75, 3.05) is 46.4 Å². The van der Waals surface area contributed by atoms with Gasteiger partial charge in [-0.1, -0.05) is 19.3 Å². The average molecular weight is 436 g/mol. The van der Waals surface area contributed by atoms with Crippen LogP contribution < -0.4 is 5.32 Å². The van der Waals surface area contributed by atoms with Crippen LogP contribution in [-0.2, 0) is 4.74 Å². The molecule has 1 aliphatic carbocycles. The number of nitrogens with zero attached hydrogens (tertiary/aromatic N) is 3. The van der Waals surface area contributed by atoms with Gasteiger partial charge in [-0.3, -0.25) is 9.89 Å². The number of likely N-dealkylation sites (N-methyl/N-ethyl adjacent to an activating group) is 1. The first-order chi connectivity index (χ1) is 10.5. The van der Waals surface area contributed by atoms with E-state index in [1.807, 2.05) is 0 Å². The third-order valence-corrected chi connectivity index (χ3v) is 5.51. The predicted molar refractivity (Wildman–Crippen MR) is 106 cm³/mol. The molecule has 0 atom stereocenters. The molecule has 2 heterocycles. The molecule has 2 aliphatic heterocycles. The van der Waals surface area contributed by atoms with Gasteiger partial charge in [0.25, 0.3) is 0 Å². The Morgan fingerprint density at radius 2 is 1.91 bits per heavy atom. The standard InChI is InChI=1S/C17H32N4O.HI/c1-16(2)14-21(11-12-22-16)17(7-5-4-6-8-17)13-19-15-18-9-10-20(15)3;/h4-14H2,1-3H3,(H,18,19);1H. The predicted octanol–water partition coefficient (Wildman–Crippen LogP) is 2.31. The van der Waals surface area contributed by atoms with E-state index in [-0.39, 0.29) is 35.1 Å². The van der Waals surface area contributed by atoms with E-state index in [0.29, 0.717) is 0 Å². The summed E-state index contributed by atoms with van der Waals surface area (Å²) in [6.45, 7) is 10.4. The van der Waals surface area contributed by atoms with Crippen LogP contribution in [0.3, 0.4) is 0 Å². The summed E-state index contributed by atoms with van der Waals surface area (Å²) in [5.41, 5.74) is 0.260. The van der Waals surface area contributed by atoms with Crippen molar-refractivity contribution in [3.63, 3.8) is 0 Å². The van der Waals surface area contributed by atoms with Crippen LogP contribution in [0.4, 0.5) is 0 Å². The molecule has 1 saturated heterocycles. The van der Waals surface area contributed by atoms with E-state index in [9.17, 15) is 0 Å². The first kappa shape index (κ1) is 19.2. The van der Waals surface area contributed by atoms with E-state index in [4.69, 9.17) is 4.74 Å². The highest BCUT2D eigenvalue weighted by molar-refractivity contribution is 14.0. The highest BCUT2D eigenvalue weighted by atomic mass is 127. The number of morpholine rings is 1. The molecule has 6 heteroatoms. The maximum atomic E-state index is 5.93. The van der Waals surface area contributed by atoms with Gasteiger partial charge < -0.3 is 15.0 Å². The number of ether oxygens (including phenoxy) is 1. The second-order valence-electron chi connectivity index (χ2n) is 7.80. The normalized spacial score (nSPS) is 27.3. The Bertz CT molecular complexity index is 421. The fraction of sp³-hybridized carbons (Fsp3) is 0.941. The number of guanidine groups is 1. The van der Waals surface area contributed by atoms with Crippen LogP contribution in [0, 0.1) is 0 Å². The molecule has 0 aromatic rings. The van der Waals surface area contributed by atoms with Gasteiger partial charge in [-0.25, -0.2) is 0 Å². The van der Waals surface area contributed by atoms with Crippen molar-refractivity contribution >= 4 is 29.9 Å². The van der Waals surface area contributed by atoms with Crippen LogP contribution in [0.25, 0.3) is 0 Å². The zero-order chi connectivity index (χ0) is 15.6. The number of aliphatic imine (C=N–C) groups is 1. The molecule has 0 bridgehead atoms. The van der Waals surface area contributed by atoms with E-state index < -0.39 is 0 Å². The minimum Gasteiger partial charge on any atom is -0.373 e. The smallest absolute Gasteiger partial charge is 0.193 e. The molecule has 0 radical (unpaired) electrons. The van der Waals surface area contributed by atoms with Gasteiger partial charge in [0.1, 0.15) is 0 Å². The largest absolute Gasteiger partial charge is 0.373 e. The Balaban J connectivity index is 0.00000192. The molecule has 2 fully saturated rings. The monoisotopic (exact) mass is 436 g/mol. The number of hydrogen-bond acceptors (Lipinski definition) is 5. The molecule has 0 spiro atoms. The Morgan fingerprint density at radius 3 is 2.52 bits per heavy atom. The first-order valence-electron chi connectivity index (χ1n) is 8.89. The van der Waals surface area contributed by atoms with Gasteiger partial charge in [0.05, 0.1) is 18.8 Å². The second-order valence-corrected chi connectivity index (χ2v) is 7.80. The highest BCUT2D eigenvalue weighted by Crippen LogP contribution is 2.36. The molecule has 0 unspecified atom stereocenters. The summed E-state index contributed by atoms with van der Waals surface area (Å²) >= 11 is 0. The molecule has 134 valence electrons. The molecule has 0 amide bonds. The van der Waals surface area contributed by atoms with Crippen molar-refractivity contribution in [3.8, 4) is 0 Å². The average Bonchev–Trinajstić information content (AvgIpc) is 2.90. The minimum atomic E-state index is -0.0234. The molecule has 0 aromatic heterocycles. The Morgan fingerprint density at radius 1 is 1.17 bits per heavy atom. The quantitative estimate of drug-likeness (QED) is 0.690. The number of halogens is 1. The van der Waals surface area contributed by atoms with Crippen LogP contribution in [0.5, 0.6) is 0 Å². The summed E-state index contributed by atoms with van der Waals surface area (Å²) in [4.78, 5) is 9.54. The Hall–Kier alpha value is -0.0800. The van der Waals surface area contributed by atoms with Crippen molar-refractivity contribution in [3.05, 3.63) is 0 Å². The van der Waals surface area contributed by atoms with Crippen molar-refractivity contribution < 1.29 is 4.74 Å².